The minimum absolute atomic E-state index is 0.0500. The van der Waals surface area contributed by atoms with Crippen LogP contribution in [0.1, 0.15) is 66.2 Å². The van der Waals surface area contributed by atoms with Crippen molar-refractivity contribution in [1.29, 1.82) is 0 Å². The molecule has 18 heavy (non-hydrogen) atoms. The highest BCUT2D eigenvalue weighted by molar-refractivity contribution is 5.74. The average molecular weight is 250 g/mol. The molecule has 1 aliphatic heterocycles. The van der Waals surface area contributed by atoms with Crippen LogP contribution in [0, 0.1) is 22.7 Å². The van der Waals surface area contributed by atoms with E-state index in [0.29, 0.717) is 23.7 Å². The highest BCUT2D eigenvalue weighted by Crippen LogP contribution is 2.67. The van der Waals surface area contributed by atoms with Gasteiger partial charge in [0.2, 0.25) is 0 Å². The first kappa shape index (κ1) is 12.5. The Hall–Kier alpha value is -0.530. The molecule has 4 atom stereocenters. The maximum Gasteiger partial charge on any atom is 0.307 e. The van der Waals surface area contributed by atoms with Gasteiger partial charge in [0.25, 0.3) is 0 Å². The van der Waals surface area contributed by atoms with Gasteiger partial charge in [0.1, 0.15) is 5.60 Å². The molecule has 0 bridgehead atoms. The molecule has 0 amide bonds. The normalized spacial score (nSPS) is 50.3. The molecule has 1 heterocycles. The summed E-state index contributed by atoms with van der Waals surface area (Å²) in [6, 6.07) is 0. The molecule has 3 rings (SSSR count). The molecule has 102 valence electrons. The summed E-state index contributed by atoms with van der Waals surface area (Å²) in [5.41, 5.74) is 0.293. The van der Waals surface area contributed by atoms with Crippen LogP contribution in [0.15, 0.2) is 0 Å². The lowest BCUT2D eigenvalue weighted by atomic mass is 9.44. The van der Waals surface area contributed by atoms with E-state index in [4.69, 9.17) is 4.74 Å². The topological polar surface area (TPSA) is 26.3 Å². The van der Waals surface area contributed by atoms with Crippen LogP contribution in [0.4, 0.5) is 0 Å². The van der Waals surface area contributed by atoms with E-state index in [-0.39, 0.29) is 17.0 Å². The molecular weight excluding hydrogens is 224 g/mol. The zero-order valence-electron chi connectivity index (χ0n) is 12.2. The molecule has 1 spiro atoms. The first-order valence-corrected chi connectivity index (χ1v) is 7.54. The Morgan fingerprint density at radius 1 is 1.17 bits per heavy atom. The van der Waals surface area contributed by atoms with Gasteiger partial charge in [-0.25, -0.2) is 0 Å². The number of rotatable bonds is 0. The summed E-state index contributed by atoms with van der Waals surface area (Å²) in [6.07, 6.45) is 6.90. The van der Waals surface area contributed by atoms with Crippen LogP contribution in [0.2, 0.25) is 0 Å². The molecule has 2 aliphatic carbocycles. The number of hydrogen-bond donors (Lipinski definition) is 0. The molecule has 4 unspecified atom stereocenters. The summed E-state index contributed by atoms with van der Waals surface area (Å²) in [7, 11) is 0. The zero-order valence-corrected chi connectivity index (χ0v) is 12.2. The lowest BCUT2D eigenvalue weighted by Gasteiger charge is -2.60. The van der Waals surface area contributed by atoms with Gasteiger partial charge in [-0.05, 0) is 49.9 Å². The molecular formula is C16H26O2. The van der Waals surface area contributed by atoms with Crippen molar-refractivity contribution in [2.24, 2.45) is 22.7 Å². The van der Waals surface area contributed by atoms with Gasteiger partial charge in [0.05, 0.1) is 6.42 Å². The summed E-state index contributed by atoms with van der Waals surface area (Å²) in [4.78, 5) is 12.0. The largest absolute Gasteiger partial charge is 0.458 e. The fourth-order valence-electron chi connectivity index (χ4n) is 5.52. The Morgan fingerprint density at radius 2 is 1.89 bits per heavy atom. The van der Waals surface area contributed by atoms with Gasteiger partial charge in [-0.3, -0.25) is 4.79 Å². The van der Waals surface area contributed by atoms with Gasteiger partial charge in [0, 0.05) is 5.41 Å². The Morgan fingerprint density at radius 3 is 2.61 bits per heavy atom. The van der Waals surface area contributed by atoms with Gasteiger partial charge in [-0.2, -0.15) is 0 Å². The van der Waals surface area contributed by atoms with Gasteiger partial charge in [-0.1, -0.05) is 27.2 Å². The Balaban J connectivity index is 2.10. The van der Waals surface area contributed by atoms with E-state index < -0.39 is 0 Å². The Kier molecular flexibility index (Phi) is 2.44. The monoisotopic (exact) mass is 250 g/mol. The molecule has 3 fully saturated rings. The SMILES string of the molecule is CC1CCC2C(C)(C)CCCC23CC(=O)OC13C. The third-order valence-corrected chi connectivity index (χ3v) is 6.66. The number of esters is 1. The first-order chi connectivity index (χ1) is 8.32. The highest BCUT2D eigenvalue weighted by Gasteiger charge is 2.68. The highest BCUT2D eigenvalue weighted by atomic mass is 16.6. The molecule has 0 N–H and O–H groups in total. The predicted molar refractivity (Wildman–Crippen MR) is 71.1 cm³/mol. The van der Waals surface area contributed by atoms with Gasteiger partial charge >= 0.3 is 5.97 Å². The van der Waals surface area contributed by atoms with Crippen molar-refractivity contribution in [3.8, 4) is 0 Å². The van der Waals surface area contributed by atoms with E-state index in [1.54, 1.807) is 0 Å². The van der Waals surface area contributed by atoms with Crippen molar-refractivity contribution >= 4 is 5.97 Å². The van der Waals surface area contributed by atoms with Crippen LogP contribution < -0.4 is 0 Å². The summed E-state index contributed by atoms with van der Waals surface area (Å²) in [5, 5.41) is 0. The van der Waals surface area contributed by atoms with Crippen molar-refractivity contribution in [3.63, 3.8) is 0 Å². The minimum Gasteiger partial charge on any atom is -0.458 e. The summed E-state index contributed by atoms with van der Waals surface area (Å²) < 4.78 is 5.88. The number of ether oxygens (including phenoxy) is 1. The zero-order chi connectivity index (χ0) is 13.2. The first-order valence-electron chi connectivity index (χ1n) is 7.54. The van der Waals surface area contributed by atoms with Crippen LogP contribution in [-0.4, -0.2) is 11.6 Å². The molecule has 2 saturated carbocycles. The summed E-state index contributed by atoms with van der Waals surface area (Å²) >= 11 is 0. The molecule has 0 aromatic carbocycles. The van der Waals surface area contributed by atoms with Crippen molar-refractivity contribution < 1.29 is 9.53 Å². The Labute approximate surface area is 110 Å². The quantitative estimate of drug-likeness (QED) is 0.609. The summed E-state index contributed by atoms with van der Waals surface area (Å²) in [5.74, 6) is 1.22. The average Bonchev–Trinajstić information content (AvgIpc) is 2.50. The predicted octanol–water partition coefficient (Wildman–Crippen LogP) is 3.93. The molecule has 1 saturated heterocycles. The molecule has 3 aliphatic rings. The lowest BCUT2D eigenvalue weighted by Crippen LogP contribution is -2.59. The van der Waals surface area contributed by atoms with E-state index in [1.165, 1.54) is 32.1 Å². The fraction of sp³-hybridized carbons (Fsp3) is 0.938. The maximum absolute atomic E-state index is 12.0. The van der Waals surface area contributed by atoms with E-state index in [9.17, 15) is 4.79 Å². The third kappa shape index (κ3) is 1.32. The fourth-order valence-corrected chi connectivity index (χ4v) is 5.52. The van der Waals surface area contributed by atoms with E-state index in [0.717, 1.165) is 0 Å². The van der Waals surface area contributed by atoms with E-state index >= 15 is 0 Å². The van der Waals surface area contributed by atoms with Crippen LogP contribution in [0.5, 0.6) is 0 Å². The lowest BCUT2D eigenvalue weighted by molar-refractivity contribution is -0.186. The Bertz CT molecular complexity index is 387. The number of carbonyl (C=O) groups is 1. The van der Waals surface area contributed by atoms with Crippen LogP contribution in [0.25, 0.3) is 0 Å². The van der Waals surface area contributed by atoms with Gasteiger partial charge < -0.3 is 4.74 Å². The van der Waals surface area contributed by atoms with E-state index in [2.05, 4.69) is 27.7 Å². The van der Waals surface area contributed by atoms with Crippen LogP contribution in [-0.2, 0) is 9.53 Å². The summed E-state index contributed by atoms with van der Waals surface area (Å²) in [6.45, 7) is 9.30. The molecule has 0 radical (unpaired) electrons. The van der Waals surface area contributed by atoms with Crippen molar-refractivity contribution in [3.05, 3.63) is 0 Å². The van der Waals surface area contributed by atoms with Crippen molar-refractivity contribution in [2.45, 2.75) is 71.8 Å². The molecule has 0 aromatic heterocycles. The second-order valence-electron chi connectivity index (χ2n) is 7.79. The smallest absolute Gasteiger partial charge is 0.307 e. The molecule has 2 heteroatoms. The van der Waals surface area contributed by atoms with Crippen LogP contribution >= 0.6 is 0 Å². The molecule has 2 nitrogen and oxygen atoms in total. The maximum atomic E-state index is 12.0. The van der Waals surface area contributed by atoms with E-state index in [1.807, 2.05) is 0 Å². The van der Waals surface area contributed by atoms with Crippen molar-refractivity contribution in [1.82, 2.24) is 0 Å². The second kappa shape index (κ2) is 3.52. The third-order valence-electron chi connectivity index (χ3n) is 6.66. The molecule has 0 aromatic rings. The van der Waals surface area contributed by atoms with Gasteiger partial charge in [0.15, 0.2) is 0 Å². The number of hydrogen-bond acceptors (Lipinski definition) is 2. The second-order valence-corrected chi connectivity index (χ2v) is 7.79. The van der Waals surface area contributed by atoms with Crippen LogP contribution in [0.3, 0.4) is 0 Å². The van der Waals surface area contributed by atoms with Gasteiger partial charge in [-0.15, -0.1) is 0 Å². The van der Waals surface area contributed by atoms with Crippen molar-refractivity contribution in [2.75, 3.05) is 0 Å². The number of carbonyl (C=O) groups excluding carboxylic acids is 1. The standard InChI is InChI=1S/C16H26O2/c1-11-6-7-12-14(2,3)8-5-9-16(12)10-13(17)18-15(11,16)4/h11-12H,5-10H2,1-4H3. The minimum atomic E-state index is -0.204.